The molecule has 0 bridgehead atoms. The highest BCUT2D eigenvalue weighted by atomic mass is 16.5. The van der Waals surface area contributed by atoms with Crippen LogP contribution in [0.4, 0.5) is 5.82 Å². The molecular formula is C26H30N2O4. The summed E-state index contributed by atoms with van der Waals surface area (Å²) in [6, 6.07) is 9.31. The molecule has 1 aliphatic carbocycles. The Morgan fingerprint density at radius 1 is 1.06 bits per heavy atom. The van der Waals surface area contributed by atoms with E-state index in [4.69, 9.17) is 9.26 Å². The molecule has 5 rings (SSSR count). The summed E-state index contributed by atoms with van der Waals surface area (Å²) in [4.78, 5) is 29.0. The molecule has 5 atom stereocenters. The first-order chi connectivity index (χ1) is 15.3. The smallest absolute Gasteiger partial charge is 0.295 e. The number of ketones is 1. The maximum Gasteiger partial charge on any atom is 0.295 e. The van der Waals surface area contributed by atoms with Gasteiger partial charge in [-0.25, -0.2) is 0 Å². The molecule has 0 N–H and O–H groups in total. The van der Waals surface area contributed by atoms with Gasteiger partial charge in [0.2, 0.25) is 0 Å². The molecule has 3 heterocycles. The van der Waals surface area contributed by atoms with E-state index in [0.717, 1.165) is 18.4 Å². The Bertz CT molecular complexity index is 1100. The number of ether oxygens (including phenoxy) is 1. The third-order valence-corrected chi connectivity index (χ3v) is 7.49. The predicted octanol–water partition coefficient (Wildman–Crippen LogP) is 5.10. The minimum Gasteiger partial charge on any atom is -0.483 e. The number of carbonyl (C=O) groups excluding carboxylic acids is 2. The van der Waals surface area contributed by atoms with Gasteiger partial charge in [0, 0.05) is 6.07 Å². The van der Waals surface area contributed by atoms with Gasteiger partial charge in [0.05, 0.1) is 17.5 Å². The molecule has 0 saturated heterocycles. The standard InChI is InChI=1S/C26H30N2O4/c1-13(2)17-6-8-18(9-7-17)23-22-24(29)19-10-14(3)15(4)11-20(19)31-25(22)26(30)28(23)21-12-16(5)32-27-21/h6-9,12-15,19-20,23H,10-11H2,1-5H3. The Labute approximate surface area is 188 Å². The number of amides is 1. The molecule has 1 saturated carbocycles. The zero-order valence-corrected chi connectivity index (χ0v) is 19.3. The van der Waals surface area contributed by atoms with E-state index in [0.29, 0.717) is 34.9 Å². The Hall–Kier alpha value is -2.89. The first kappa shape index (κ1) is 21.0. The number of fused-ring (bicyclic) bond motifs is 1. The molecular weight excluding hydrogens is 404 g/mol. The number of Topliss-reactive ketones (excluding diaryl/α,β-unsaturated/α-hetero) is 1. The number of anilines is 1. The van der Waals surface area contributed by atoms with E-state index in [1.54, 1.807) is 17.9 Å². The Kier molecular flexibility index (Phi) is 4.99. The molecule has 1 amide bonds. The fraction of sp³-hybridized carbons (Fsp3) is 0.500. The molecule has 5 unspecified atom stereocenters. The third kappa shape index (κ3) is 3.19. The molecule has 1 aromatic heterocycles. The Morgan fingerprint density at radius 3 is 2.38 bits per heavy atom. The van der Waals surface area contributed by atoms with Gasteiger partial charge in [-0.15, -0.1) is 0 Å². The summed E-state index contributed by atoms with van der Waals surface area (Å²) >= 11 is 0. The lowest BCUT2D eigenvalue weighted by molar-refractivity contribution is -0.134. The first-order valence-electron chi connectivity index (χ1n) is 11.6. The van der Waals surface area contributed by atoms with Crippen LogP contribution in [0.2, 0.25) is 0 Å². The number of hydrogen-bond donors (Lipinski definition) is 0. The molecule has 6 nitrogen and oxygen atoms in total. The van der Waals surface area contributed by atoms with Gasteiger partial charge in [-0.1, -0.05) is 57.1 Å². The Balaban J connectivity index is 1.61. The van der Waals surface area contributed by atoms with Gasteiger partial charge in [0.25, 0.3) is 5.91 Å². The topological polar surface area (TPSA) is 72.6 Å². The largest absolute Gasteiger partial charge is 0.483 e. The van der Waals surface area contributed by atoms with Gasteiger partial charge >= 0.3 is 0 Å². The van der Waals surface area contributed by atoms with E-state index < -0.39 is 6.04 Å². The zero-order chi connectivity index (χ0) is 22.7. The minimum atomic E-state index is -0.564. The van der Waals surface area contributed by atoms with Crippen LogP contribution in [-0.2, 0) is 14.3 Å². The van der Waals surface area contributed by atoms with Crippen LogP contribution >= 0.6 is 0 Å². The average molecular weight is 435 g/mol. The number of carbonyl (C=O) groups is 2. The lowest BCUT2D eigenvalue weighted by Gasteiger charge is -2.40. The van der Waals surface area contributed by atoms with Crippen LogP contribution in [0.1, 0.15) is 69.4 Å². The normalized spacial score (nSPS) is 29.9. The van der Waals surface area contributed by atoms with Crippen LogP contribution in [0, 0.1) is 24.7 Å². The fourth-order valence-electron chi connectivity index (χ4n) is 5.34. The quantitative estimate of drug-likeness (QED) is 0.672. The fourth-order valence-corrected chi connectivity index (χ4v) is 5.34. The van der Waals surface area contributed by atoms with Gasteiger partial charge in [0.1, 0.15) is 11.9 Å². The van der Waals surface area contributed by atoms with Crippen molar-refractivity contribution in [1.29, 1.82) is 0 Å². The van der Waals surface area contributed by atoms with Crippen molar-refractivity contribution in [2.75, 3.05) is 4.90 Å². The average Bonchev–Trinajstić information content (AvgIpc) is 3.31. The van der Waals surface area contributed by atoms with Crippen LogP contribution in [0.3, 0.4) is 0 Å². The summed E-state index contributed by atoms with van der Waals surface area (Å²) in [5, 5.41) is 4.10. The van der Waals surface area contributed by atoms with Crippen molar-refractivity contribution in [3.63, 3.8) is 0 Å². The predicted molar refractivity (Wildman–Crippen MR) is 120 cm³/mol. The maximum atomic E-state index is 13.8. The summed E-state index contributed by atoms with van der Waals surface area (Å²) in [5.74, 6) is 2.02. The summed E-state index contributed by atoms with van der Waals surface area (Å²) in [5.41, 5.74) is 2.55. The van der Waals surface area contributed by atoms with Crippen molar-refractivity contribution in [1.82, 2.24) is 5.16 Å². The molecule has 2 aromatic rings. The highest BCUT2D eigenvalue weighted by Gasteiger charge is 2.54. The van der Waals surface area contributed by atoms with Crippen molar-refractivity contribution < 1.29 is 18.8 Å². The molecule has 2 aliphatic heterocycles. The molecule has 168 valence electrons. The second kappa shape index (κ2) is 7.61. The summed E-state index contributed by atoms with van der Waals surface area (Å²) in [7, 11) is 0. The van der Waals surface area contributed by atoms with Crippen LogP contribution in [0.15, 0.2) is 46.2 Å². The molecule has 6 heteroatoms. The number of nitrogens with zero attached hydrogens (tertiary/aromatic N) is 2. The van der Waals surface area contributed by atoms with Gasteiger partial charge < -0.3 is 9.26 Å². The number of benzene rings is 1. The molecule has 1 aromatic carbocycles. The number of aromatic nitrogens is 1. The zero-order valence-electron chi connectivity index (χ0n) is 19.3. The van der Waals surface area contributed by atoms with Crippen molar-refractivity contribution >= 4 is 17.5 Å². The maximum absolute atomic E-state index is 13.8. The number of rotatable bonds is 3. The Morgan fingerprint density at radius 2 is 1.75 bits per heavy atom. The van der Waals surface area contributed by atoms with Crippen molar-refractivity contribution in [2.24, 2.45) is 17.8 Å². The van der Waals surface area contributed by atoms with E-state index in [1.165, 1.54) is 5.56 Å². The number of aryl methyl sites for hydroxylation is 1. The molecule has 1 fully saturated rings. The van der Waals surface area contributed by atoms with E-state index >= 15 is 0 Å². The van der Waals surface area contributed by atoms with E-state index in [2.05, 4.69) is 45.0 Å². The van der Waals surface area contributed by atoms with Crippen molar-refractivity contribution in [3.8, 4) is 0 Å². The van der Waals surface area contributed by atoms with Crippen LogP contribution in [0.5, 0.6) is 0 Å². The summed E-state index contributed by atoms with van der Waals surface area (Å²) in [6.45, 7) is 10.5. The second-order valence-electron chi connectivity index (χ2n) is 9.99. The van der Waals surface area contributed by atoms with Gasteiger partial charge in [-0.2, -0.15) is 0 Å². The van der Waals surface area contributed by atoms with Crippen LogP contribution in [0.25, 0.3) is 0 Å². The van der Waals surface area contributed by atoms with Crippen molar-refractivity contribution in [2.45, 2.75) is 65.5 Å². The SMILES string of the molecule is Cc1cc(N2C(=O)C3=C(C(=O)C4CC(C)C(C)CC4O3)C2c2ccc(C(C)C)cc2)no1. The highest BCUT2D eigenvalue weighted by molar-refractivity contribution is 6.17. The molecule has 0 spiro atoms. The summed E-state index contributed by atoms with van der Waals surface area (Å²) < 4.78 is 11.6. The lowest BCUT2D eigenvalue weighted by Crippen LogP contribution is -2.43. The monoisotopic (exact) mass is 434 g/mol. The molecule has 32 heavy (non-hydrogen) atoms. The van der Waals surface area contributed by atoms with Gasteiger partial charge in [0.15, 0.2) is 17.4 Å². The van der Waals surface area contributed by atoms with Crippen LogP contribution < -0.4 is 4.90 Å². The van der Waals surface area contributed by atoms with Gasteiger partial charge in [-0.3, -0.25) is 14.5 Å². The van der Waals surface area contributed by atoms with Gasteiger partial charge in [-0.05, 0) is 48.6 Å². The van der Waals surface area contributed by atoms with Crippen molar-refractivity contribution in [3.05, 3.63) is 58.6 Å². The minimum absolute atomic E-state index is 0.0454. The third-order valence-electron chi connectivity index (χ3n) is 7.49. The van der Waals surface area contributed by atoms with E-state index in [-0.39, 0.29) is 29.5 Å². The van der Waals surface area contributed by atoms with E-state index in [9.17, 15) is 9.59 Å². The second-order valence-corrected chi connectivity index (χ2v) is 9.99. The van der Waals surface area contributed by atoms with Crippen LogP contribution in [-0.4, -0.2) is 23.0 Å². The summed E-state index contributed by atoms with van der Waals surface area (Å²) in [6.07, 6.45) is 1.34. The lowest BCUT2D eigenvalue weighted by atomic mass is 9.70. The van der Waals surface area contributed by atoms with E-state index in [1.807, 2.05) is 12.1 Å². The first-order valence-corrected chi connectivity index (χ1v) is 11.6. The highest BCUT2D eigenvalue weighted by Crippen LogP contribution is 2.49. The molecule has 3 aliphatic rings. The number of hydrogen-bond acceptors (Lipinski definition) is 5. The molecule has 0 radical (unpaired) electrons.